The number of halogens is 2. The molecule has 24 nitrogen and oxygen atoms in total. The van der Waals surface area contributed by atoms with Crippen molar-refractivity contribution in [3.05, 3.63) is 10.0 Å². The lowest BCUT2D eigenvalue weighted by Crippen LogP contribution is -2.23. The lowest BCUT2D eigenvalue weighted by molar-refractivity contribution is 0.454. The molecule has 2 aromatic rings. The summed E-state index contributed by atoms with van der Waals surface area (Å²) in [5.74, 6) is 0. The first-order valence-electron chi connectivity index (χ1n) is 9.39. The molecule has 0 bridgehead atoms. The van der Waals surface area contributed by atoms with Crippen molar-refractivity contribution < 1.29 is 104 Å². The maximum absolute atomic E-state index is 12.5. The van der Waals surface area contributed by atoms with Crippen LogP contribution in [0.4, 0.5) is 0 Å². The molecule has 8 N–H and O–H groups in total. The summed E-state index contributed by atoms with van der Waals surface area (Å²) in [6.07, 6.45) is 0. The maximum atomic E-state index is 12.5. The topological polar surface area (TPSA) is 435 Å². The number of benzene rings is 2. The van der Waals surface area contributed by atoms with E-state index in [1.54, 1.807) is 0 Å². The molecule has 0 saturated heterocycles. The van der Waals surface area contributed by atoms with Gasteiger partial charge in [0.25, 0.3) is 80.9 Å². The third-order valence-corrected chi connectivity index (χ3v) is 14.0. The second-order valence-corrected chi connectivity index (χ2v) is 19.4. The van der Waals surface area contributed by atoms with Crippen molar-refractivity contribution >= 4 is 104 Å². The monoisotopic (exact) mass is 862 g/mol. The van der Waals surface area contributed by atoms with E-state index in [1.165, 1.54) is 0 Å². The molecule has 0 fully saturated rings. The van der Waals surface area contributed by atoms with E-state index in [4.69, 9.17) is 23.2 Å². The first-order chi connectivity index (χ1) is 19.8. The molecule has 0 atom stereocenters. The van der Waals surface area contributed by atoms with Crippen molar-refractivity contribution in [3.63, 3.8) is 0 Å². The average molecular weight is 864 g/mol. The van der Waals surface area contributed by atoms with Crippen LogP contribution in [0.15, 0.2) is 39.2 Å². The summed E-state index contributed by atoms with van der Waals surface area (Å²) in [6, 6.07) is 0. The minimum absolute atomic E-state index is 2.57. The van der Waals surface area contributed by atoms with E-state index < -0.39 is 141 Å². The Hall–Kier alpha value is -1.70. The summed E-state index contributed by atoms with van der Waals surface area (Å²) >= 11 is 10.8. The van der Waals surface area contributed by atoms with Gasteiger partial charge in [0.15, 0.2) is 0 Å². The fourth-order valence-corrected chi connectivity index (χ4v) is 14.0. The summed E-state index contributed by atoms with van der Waals surface area (Å²) in [5, 5.41) is -5.15. The molecule has 46 heavy (non-hydrogen) atoms. The molecule has 0 saturated carbocycles. The SMILES string of the molecule is O=S(=O)(O)c1c(Cl)c(S(=O)(=O)O)c(S(=O)(=O)O)c(-c2c(S(=O)(=O)O)c(S(=O)(=O)O)c(Cl)c(S(=O)(=O)O)c2S(=O)(=O)O)c1S(=O)(=O)O. The zero-order valence-corrected chi connectivity index (χ0v) is 28.2. The van der Waals surface area contributed by atoms with E-state index in [2.05, 4.69) is 0 Å². The zero-order chi connectivity index (χ0) is 36.9. The van der Waals surface area contributed by atoms with Crippen LogP contribution in [0, 0.1) is 0 Å². The van der Waals surface area contributed by atoms with Gasteiger partial charge in [0.1, 0.15) is 39.2 Å². The summed E-state index contributed by atoms with van der Waals surface area (Å²) in [5.41, 5.74) is -6.39. The highest BCUT2D eigenvalue weighted by atomic mass is 35.5. The van der Waals surface area contributed by atoms with Crippen LogP contribution in [-0.2, 0) is 80.9 Å². The van der Waals surface area contributed by atoms with Crippen LogP contribution in [0.2, 0.25) is 10.0 Å². The highest BCUT2D eigenvalue weighted by Gasteiger charge is 2.49. The van der Waals surface area contributed by atoms with Crippen LogP contribution in [0.5, 0.6) is 0 Å². The van der Waals surface area contributed by atoms with Crippen molar-refractivity contribution in [1.82, 2.24) is 0 Å². The first kappa shape index (κ1) is 40.5. The Bertz CT molecular complexity index is 2290. The normalized spacial score (nSPS) is 14.4. The van der Waals surface area contributed by atoms with E-state index >= 15 is 0 Å². The van der Waals surface area contributed by atoms with Gasteiger partial charge in [-0.25, -0.2) is 0 Å². The van der Waals surface area contributed by atoms with Crippen molar-refractivity contribution in [1.29, 1.82) is 0 Å². The highest BCUT2D eigenvalue weighted by Crippen LogP contribution is 2.53. The van der Waals surface area contributed by atoms with Crippen molar-refractivity contribution in [3.8, 4) is 11.1 Å². The van der Waals surface area contributed by atoms with Gasteiger partial charge in [0, 0.05) is 11.1 Å². The first-order valence-corrected chi connectivity index (χ1v) is 21.7. The quantitative estimate of drug-likeness (QED) is 0.135. The van der Waals surface area contributed by atoms with Gasteiger partial charge in [-0.15, -0.1) is 0 Å². The molecule has 2 aromatic carbocycles. The number of hydrogen-bond acceptors (Lipinski definition) is 16. The second-order valence-electron chi connectivity index (χ2n) is 7.81. The molecular formula is C12H8Cl2O24S8. The van der Waals surface area contributed by atoms with Gasteiger partial charge in [0.2, 0.25) is 0 Å². The maximum Gasteiger partial charge on any atom is 0.297 e. The van der Waals surface area contributed by atoms with E-state index in [-0.39, 0.29) is 0 Å². The van der Waals surface area contributed by atoms with Crippen molar-refractivity contribution in [2.75, 3.05) is 0 Å². The molecule has 262 valence electrons. The zero-order valence-electron chi connectivity index (χ0n) is 20.1. The molecule has 0 radical (unpaired) electrons. The van der Waals surface area contributed by atoms with E-state index in [1.807, 2.05) is 0 Å². The number of hydrogen-bond donors (Lipinski definition) is 8. The van der Waals surface area contributed by atoms with Crippen molar-refractivity contribution in [2.45, 2.75) is 39.2 Å². The molecule has 0 aromatic heterocycles. The van der Waals surface area contributed by atoms with Gasteiger partial charge in [0.05, 0.1) is 10.0 Å². The molecule has 0 aliphatic carbocycles. The fraction of sp³-hybridized carbons (Fsp3) is 0. The molecule has 0 unspecified atom stereocenters. The van der Waals surface area contributed by atoms with Crippen LogP contribution < -0.4 is 0 Å². The van der Waals surface area contributed by atoms with Gasteiger partial charge in [-0.1, -0.05) is 23.2 Å². The Morgan fingerprint density at radius 1 is 0.261 bits per heavy atom. The second kappa shape index (κ2) is 11.4. The van der Waals surface area contributed by atoms with E-state index in [9.17, 15) is 104 Å². The van der Waals surface area contributed by atoms with Crippen LogP contribution in [0.3, 0.4) is 0 Å². The van der Waals surface area contributed by atoms with Gasteiger partial charge in [-0.3, -0.25) is 36.4 Å². The largest absolute Gasteiger partial charge is 0.297 e. The van der Waals surface area contributed by atoms with Crippen LogP contribution in [-0.4, -0.2) is 104 Å². The lowest BCUT2D eigenvalue weighted by Gasteiger charge is -2.24. The molecule has 0 amide bonds. The predicted molar refractivity (Wildman–Crippen MR) is 140 cm³/mol. The van der Waals surface area contributed by atoms with Gasteiger partial charge in [-0.05, 0) is 0 Å². The van der Waals surface area contributed by atoms with Crippen LogP contribution in [0.25, 0.3) is 11.1 Å². The molecule has 0 heterocycles. The summed E-state index contributed by atoms with van der Waals surface area (Å²) in [7, 11) is -54.8. The molecule has 2 rings (SSSR count). The highest BCUT2D eigenvalue weighted by molar-refractivity contribution is 7.91. The Morgan fingerprint density at radius 2 is 0.370 bits per heavy atom. The molecule has 0 aliphatic heterocycles. The van der Waals surface area contributed by atoms with E-state index in [0.29, 0.717) is 0 Å². The minimum Gasteiger partial charge on any atom is -0.282 e. The van der Waals surface area contributed by atoms with E-state index in [0.717, 1.165) is 0 Å². The Labute approximate surface area is 266 Å². The molecule has 34 heteroatoms. The Balaban J connectivity index is 4.34. The molecular weight excluding hydrogens is 856 g/mol. The van der Waals surface area contributed by atoms with Crippen molar-refractivity contribution in [2.24, 2.45) is 0 Å². The minimum atomic E-state index is -6.98. The van der Waals surface area contributed by atoms with Crippen LogP contribution in [0.1, 0.15) is 0 Å². The number of rotatable bonds is 9. The standard InChI is InChI=1S/C12H8Cl2O24S8/c13-3-9(43(27,28)29)5(39(15,16)17)1(6(40(18,19)20)10(3)44(30,31)32)2-7(41(21,22)23)11(45(33,34)35)4(14)12(46(36,37)38)8(2)42(24,25)26/h(H,15,16,17)(H,18,19,20)(H,21,22,23)(H,24,25,26)(H,27,28,29)(H,30,31,32)(H,33,34,35)(H,36,37,38). The fourth-order valence-electron chi connectivity index (χ4n) is 3.63. The predicted octanol–water partition coefficient (Wildman–Crippen LogP) is -1.37. The summed E-state index contributed by atoms with van der Waals surface area (Å²) in [4.78, 5) is -24.3. The van der Waals surface area contributed by atoms with Crippen LogP contribution >= 0.6 is 23.2 Å². The Kier molecular flexibility index (Phi) is 10.1. The smallest absolute Gasteiger partial charge is 0.282 e. The Morgan fingerprint density at radius 3 is 0.457 bits per heavy atom. The molecule has 0 aliphatic rings. The third-order valence-electron chi connectivity index (χ3n) is 4.84. The van der Waals surface area contributed by atoms with Gasteiger partial charge < -0.3 is 0 Å². The van der Waals surface area contributed by atoms with Gasteiger partial charge in [-0.2, -0.15) is 67.3 Å². The molecule has 0 spiro atoms. The third kappa shape index (κ3) is 7.47. The lowest BCUT2D eigenvalue weighted by atomic mass is 10.0. The summed E-state index contributed by atoms with van der Waals surface area (Å²) < 4.78 is 275. The average Bonchev–Trinajstić information content (AvgIpc) is 2.71. The summed E-state index contributed by atoms with van der Waals surface area (Å²) in [6.45, 7) is 0. The van der Waals surface area contributed by atoms with Gasteiger partial charge >= 0.3 is 0 Å².